The van der Waals surface area contributed by atoms with E-state index in [1.54, 1.807) is 5.32 Å². The van der Waals surface area contributed by atoms with Gasteiger partial charge in [-0.05, 0) is 0 Å². The van der Waals surface area contributed by atoms with Crippen molar-refractivity contribution in [3.05, 3.63) is 0 Å². The van der Waals surface area contributed by atoms with Crippen LogP contribution in [0, 0.1) is 0 Å². The highest BCUT2D eigenvalue weighted by Gasteiger charge is 2.31. The molecule has 0 heterocycles. The lowest BCUT2D eigenvalue weighted by molar-refractivity contribution is -0.141. The Morgan fingerprint density at radius 2 is 2.08 bits per heavy atom. The van der Waals surface area contributed by atoms with Gasteiger partial charge >= 0.3 is 12.2 Å². The van der Waals surface area contributed by atoms with Crippen LogP contribution in [0.1, 0.15) is 6.42 Å². The number of primary amides is 1. The van der Waals surface area contributed by atoms with Crippen LogP contribution in [0.2, 0.25) is 0 Å². The molecule has 0 aromatic heterocycles. The Labute approximate surface area is 66.5 Å². The van der Waals surface area contributed by atoms with Crippen molar-refractivity contribution in [2.45, 2.75) is 18.6 Å². The second-order valence-corrected chi connectivity index (χ2v) is 2.21. The van der Waals surface area contributed by atoms with Crippen LogP contribution < -0.4 is 11.1 Å². The van der Waals surface area contributed by atoms with E-state index in [4.69, 9.17) is 5.11 Å². The van der Waals surface area contributed by atoms with Crippen molar-refractivity contribution in [2.24, 2.45) is 5.73 Å². The van der Waals surface area contributed by atoms with Crippen LogP contribution in [0.4, 0.5) is 18.0 Å². The quantitative estimate of drug-likeness (QED) is 0.578. The molecule has 1 unspecified atom stereocenters. The molecule has 0 saturated heterocycles. The highest BCUT2D eigenvalue weighted by atomic mass is 19.4. The van der Waals surface area contributed by atoms with E-state index in [1.807, 2.05) is 0 Å². The van der Waals surface area contributed by atoms with Crippen LogP contribution in [0.25, 0.3) is 0 Å². The van der Waals surface area contributed by atoms with Gasteiger partial charge in [-0.2, -0.15) is 13.2 Å². The monoisotopic (exact) mass is 186 g/mol. The lowest BCUT2D eigenvalue weighted by Crippen LogP contribution is -2.43. The van der Waals surface area contributed by atoms with Gasteiger partial charge in [0.2, 0.25) is 0 Å². The maximum Gasteiger partial charge on any atom is 0.391 e. The van der Waals surface area contributed by atoms with Crippen LogP contribution in [-0.2, 0) is 0 Å². The summed E-state index contributed by atoms with van der Waals surface area (Å²) >= 11 is 0. The molecule has 4 N–H and O–H groups in total. The second kappa shape index (κ2) is 4.15. The summed E-state index contributed by atoms with van der Waals surface area (Å²) in [6.45, 7) is -0.789. The molecule has 0 fully saturated rings. The first-order valence-corrected chi connectivity index (χ1v) is 3.08. The maximum absolute atomic E-state index is 11.6. The molecule has 0 spiro atoms. The minimum atomic E-state index is -4.42. The first-order valence-electron chi connectivity index (χ1n) is 3.08. The van der Waals surface area contributed by atoms with E-state index in [2.05, 4.69) is 5.73 Å². The Morgan fingerprint density at radius 1 is 1.58 bits per heavy atom. The van der Waals surface area contributed by atoms with Crippen LogP contribution in [0.5, 0.6) is 0 Å². The predicted molar refractivity (Wildman–Crippen MR) is 34.3 cm³/mol. The molecule has 72 valence electrons. The van der Waals surface area contributed by atoms with E-state index < -0.39 is 31.3 Å². The molecule has 0 rings (SSSR count). The molecular weight excluding hydrogens is 177 g/mol. The third kappa shape index (κ3) is 5.78. The number of hydrogen-bond donors (Lipinski definition) is 3. The van der Waals surface area contributed by atoms with Crippen molar-refractivity contribution in [3.8, 4) is 0 Å². The number of amides is 2. The topological polar surface area (TPSA) is 75.4 Å². The van der Waals surface area contributed by atoms with Crippen molar-refractivity contribution in [3.63, 3.8) is 0 Å². The van der Waals surface area contributed by atoms with E-state index >= 15 is 0 Å². The number of nitrogens with two attached hydrogens (primary N) is 1. The minimum Gasteiger partial charge on any atom is -0.394 e. The van der Waals surface area contributed by atoms with Gasteiger partial charge in [-0.1, -0.05) is 0 Å². The van der Waals surface area contributed by atoms with Crippen LogP contribution >= 0.6 is 0 Å². The van der Waals surface area contributed by atoms with Gasteiger partial charge in [0.1, 0.15) is 0 Å². The molecule has 0 aromatic rings. The van der Waals surface area contributed by atoms with Gasteiger partial charge in [0.05, 0.1) is 19.1 Å². The fourth-order valence-corrected chi connectivity index (χ4v) is 0.642. The largest absolute Gasteiger partial charge is 0.394 e. The summed E-state index contributed by atoms with van der Waals surface area (Å²) in [6.07, 6.45) is -5.71. The van der Waals surface area contributed by atoms with E-state index in [-0.39, 0.29) is 0 Å². The molecule has 0 aliphatic heterocycles. The van der Waals surface area contributed by atoms with Crippen molar-refractivity contribution in [1.82, 2.24) is 5.32 Å². The van der Waals surface area contributed by atoms with E-state index in [0.29, 0.717) is 0 Å². The third-order valence-electron chi connectivity index (χ3n) is 1.04. The Balaban J connectivity index is 3.92. The van der Waals surface area contributed by atoms with Crippen molar-refractivity contribution >= 4 is 6.03 Å². The summed E-state index contributed by atoms with van der Waals surface area (Å²) in [5.41, 5.74) is 4.56. The van der Waals surface area contributed by atoms with Crippen LogP contribution in [-0.4, -0.2) is 30.0 Å². The fraction of sp³-hybridized carbons (Fsp3) is 0.800. The number of aliphatic hydroxyl groups is 1. The molecule has 12 heavy (non-hydrogen) atoms. The number of carbonyl (C=O) groups excluding carboxylic acids is 1. The zero-order valence-corrected chi connectivity index (χ0v) is 6.06. The number of halogens is 3. The first-order chi connectivity index (χ1) is 5.35. The normalized spacial score (nSPS) is 14.0. The maximum atomic E-state index is 11.6. The SMILES string of the molecule is NC(=O)NC(CO)CC(F)(F)F. The summed E-state index contributed by atoms with van der Waals surface area (Å²) in [5.74, 6) is 0. The lowest BCUT2D eigenvalue weighted by Gasteiger charge is -2.16. The van der Waals surface area contributed by atoms with Gasteiger partial charge in [-0.15, -0.1) is 0 Å². The predicted octanol–water partition coefficient (Wildman–Crippen LogP) is -0.0320. The Hall–Kier alpha value is -0.980. The average Bonchev–Trinajstić information content (AvgIpc) is 1.82. The van der Waals surface area contributed by atoms with E-state index in [1.165, 1.54) is 0 Å². The standard InChI is InChI=1S/C5H9F3N2O2/c6-5(7,8)1-3(2-11)10-4(9)12/h3,11H,1-2H2,(H3,9,10,12). The van der Waals surface area contributed by atoms with Gasteiger partial charge in [0.15, 0.2) is 0 Å². The molecule has 1 atom stereocenters. The molecule has 0 radical (unpaired) electrons. The Morgan fingerprint density at radius 3 is 2.33 bits per heavy atom. The molecule has 0 bridgehead atoms. The van der Waals surface area contributed by atoms with Gasteiger partial charge in [0, 0.05) is 0 Å². The minimum absolute atomic E-state index is 0.789. The van der Waals surface area contributed by atoms with Gasteiger partial charge in [-0.25, -0.2) is 4.79 Å². The molecule has 0 aliphatic carbocycles. The van der Waals surface area contributed by atoms with Gasteiger partial charge < -0.3 is 16.2 Å². The lowest BCUT2D eigenvalue weighted by atomic mass is 10.2. The molecule has 0 aromatic carbocycles. The Bertz CT molecular complexity index is 159. The highest BCUT2D eigenvalue weighted by Crippen LogP contribution is 2.21. The summed E-state index contributed by atoms with van der Waals surface area (Å²) in [4.78, 5) is 10.1. The van der Waals surface area contributed by atoms with E-state index in [0.717, 1.165) is 0 Å². The molecule has 7 heteroatoms. The summed E-state index contributed by atoms with van der Waals surface area (Å²) in [7, 11) is 0. The number of carbonyl (C=O) groups is 1. The molecule has 0 aliphatic rings. The number of nitrogens with one attached hydrogen (secondary N) is 1. The first kappa shape index (κ1) is 11.0. The zero-order valence-electron chi connectivity index (χ0n) is 6.06. The number of alkyl halides is 3. The smallest absolute Gasteiger partial charge is 0.391 e. The Kier molecular flexibility index (Phi) is 3.81. The van der Waals surface area contributed by atoms with Crippen molar-refractivity contribution in [1.29, 1.82) is 0 Å². The number of hydrogen-bond acceptors (Lipinski definition) is 2. The molecule has 2 amide bonds. The third-order valence-corrected chi connectivity index (χ3v) is 1.04. The molecular formula is C5H9F3N2O2. The van der Waals surface area contributed by atoms with Crippen LogP contribution in [0.15, 0.2) is 0 Å². The van der Waals surface area contributed by atoms with Crippen LogP contribution in [0.3, 0.4) is 0 Å². The number of aliphatic hydroxyl groups excluding tert-OH is 1. The van der Waals surface area contributed by atoms with Gasteiger partial charge in [0.25, 0.3) is 0 Å². The highest BCUT2D eigenvalue weighted by molar-refractivity contribution is 5.71. The number of urea groups is 1. The zero-order chi connectivity index (χ0) is 9.78. The van der Waals surface area contributed by atoms with Gasteiger partial charge in [-0.3, -0.25) is 0 Å². The number of rotatable bonds is 3. The molecule has 0 saturated carbocycles. The van der Waals surface area contributed by atoms with Crippen molar-refractivity contribution in [2.75, 3.05) is 6.61 Å². The van der Waals surface area contributed by atoms with E-state index in [9.17, 15) is 18.0 Å². The summed E-state index contributed by atoms with van der Waals surface area (Å²) < 4.78 is 34.9. The van der Waals surface area contributed by atoms with Crippen molar-refractivity contribution < 1.29 is 23.1 Å². The average molecular weight is 186 g/mol. The summed E-state index contributed by atoms with van der Waals surface area (Å²) in [6, 6.07) is -2.44. The summed E-state index contributed by atoms with van der Waals surface area (Å²) in [5, 5.41) is 10.1. The second-order valence-electron chi connectivity index (χ2n) is 2.21. The fourth-order valence-electron chi connectivity index (χ4n) is 0.642. The molecule has 4 nitrogen and oxygen atoms in total.